The molecule has 17 nitrogen and oxygen atoms in total. The number of carbonyl (C=O) groups is 4. The van der Waals surface area contributed by atoms with Gasteiger partial charge in [-0.15, -0.1) is 0 Å². The van der Waals surface area contributed by atoms with Crippen LogP contribution in [0.5, 0.6) is 0 Å². The Kier molecular flexibility index (Phi) is 65.5. The second kappa shape index (κ2) is 66.9. The Hall–Kier alpha value is -1.94. The van der Waals surface area contributed by atoms with Crippen LogP contribution in [0, 0.1) is 11.8 Å². The molecule has 0 bridgehead atoms. The molecule has 94 heavy (non-hydrogen) atoms. The number of hydrogen-bond donors (Lipinski definition) is 3. The molecule has 0 spiro atoms. The van der Waals surface area contributed by atoms with E-state index in [0.717, 1.165) is 108 Å². The summed E-state index contributed by atoms with van der Waals surface area (Å²) >= 11 is 0. The summed E-state index contributed by atoms with van der Waals surface area (Å²) in [5.41, 5.74) is 0. The van der Waals surface area contributed by atoms with Crippen LogP contribution in [-0.4, -0.2) is 96.7 Å². The third kappa shape index (κ3) is 68.6. The van der Waals surface area contributed by atoms with E-state index >= 15 is 0 Å². The lowest BCUT2D eigenvalue weighted by Crippen LogP contribution is -2.30. The molecule has 0 fully saturated rings. The Balaban J connectivity index is 5.20. The number of phosphoric acid groups is 2. The van der Waals surface area contributed by atoms with Gasteiger partial charge < -0.3 is 33.8 Å². The quantitative estimate of drug-likeness (QED) is 0.0222. The van der Waals surface area contributed by atoms with Crippen LogP contribution in [0.25, 0.3) is 0 Å². The third-order valence-electron chi connectivity index (χ3n) is 17.5. The van der Waals surface area contributed by atoms with Crippen LogP contribution in [0.2, 0.25) is 0 Å². The third-order valence-corrected chi connectivity index (χ3v) is 19.4. The summed E-state index contributed by atoms with van der Waals surface area (Å²) in [4.78, 5) is 72.7. The van der Waals surface area contributed by atoms with E-state index in [0.29, 0.717) is 25.7 Å². The number of aliphatic hydroxyl groups is 1. The fourth-order valence-electron chi connectivity index (χ4n) is 11.5. The number of aliphatic hydroxyl groups excluding tert-OH is 1. The zero-order chi connectivity index (χ0) is 69.3. The Morgan fingerprint density at radius 2 is 0.489 bits per heavy atom. The van der Waals surface area contributed by atoms with Gasteiger partial charge in [-0.1, -0.05) is 337 Å². The molecule has 0 radical (unpaired) electrons. The van der Waals surface area contributed by atoms with Crippen LogP contribution in [0.15, 0.2) is 0 Å². The first kappa shape index (κ1) is 92.1. The molecular weight excluding hydrogens is 1230 g/mol. The lowest BCUT2D eigenvalue weighted by molar-refractivity contribution is -0.161. The molecule has 0 aromatic rings. The molecule has 558 valence electrons. The van der Waals surface area contributed by atoms with Crippen molar-refractivity contribution < 1.29 is 80.2 Å². The average molecular weight is 1380 g/mol. The van der Waals surface area contributed by atoms with Gasteiger partial charge in [-0.25, -0.2) is 9.13 Å². The zero-order valence-corrected chi connectivity index (χ0v) is 63.1. The molecule has 0 heterocycles. The van der Waals surface area contributed by atoms with Gasteiger partial charge in [0.15, 0.2) is 12.2 Å². The van der Waals surface area contributed by atoms with Crippen molar-refractivity contribution in [3.63, 3.8) is 0 Å². The van der Waals surface area contributed by atoms with Crippen LogP contribution >= 0.6 is 15.6 Å². The molecule has 0 aliphatic heterocycles. The Bertz CT molecular complexity index is 1820. The molecule has 0 aromatic heterocycles. The molecule has 0 amide bonds. The monoisotopic (exact) mass is 1380 g/mol. The number of esters is 4. The Morgan fingerprint density at radius 3 is 0.723 bits per heavy atom. The Morgan fingerprint density at radius 1 is 0.287 bits per heavy atom. The van der Waals surface area contributed by atoms with Crippen molar-refractivity contribution in [2.24, 2.45) is 11.8 Å². The summed E-state index contributed by atoms with van der Waals surface area (Å²) in [6.45, 7) is 9.54. The van der Waals surface area contributed by atoms with Crippen molar-refractivity contribution in [1.29, 1.82) is 0 Å². The highest BCUT2D eigenvalue weighted by atomic mass is 31.2. The fraction of sp³-hybridized carbons (Fsp3) is 0.947. The Labute approximate surface area is 575 Å². The lowest BCUT2D eigenvalue weighted by atomic mass is 10.0. The number of hydrogen-bond acceptors (Lipinski definition) is 15. The number of phosphoric ester groups is 2. The van der Waals surface area contributed by atoms with Gasteiger partial charge >= 0.3 is 39.5 Å². The van der Waals surface area contributed by atoms with E-state index in [4.69, 9.17) is 37.0 Å². The smallest absolute Gasteiger partial charge is 0.462 e. The summed E-state index contributed by atoms with van der Waals surface area (Å²) in [7, 11) is -9.90. The van der Waals surface area contributed by atoms with Crippen LogP contribution in [0.1, 0.15) is 388 Å². The lowest BCUT2D eigenvalue weighted by Gasteiger charge is -2.21. The van der Waals surface area contributed by atoms with Crippen molar-refractivity contribution >= 4 is 39.5 Å². The van der Waals surface area contributed by atoms with Gasteiger partial charge in [-0.3, -0.25) is 37.3 Å². The normalized spacial score (nSPS) is 14.0. The van der Waals surface area contributed by atoms with E-state index < -0.39 is 97.5 Å². The maximum atomic E-state index is 13.1. The van der Waals surface area contributed by atoms with E-state index in [-0.39, 0.29) is 25.7 Å². The van der Waals surface area contributed by atoms with Crippen molar-refractivity contribution in [1.82, 2.24) is 0 Å². The second-order valence-electron chi connectivity index (χ2n) is 28.0. The van der Waals surface area contributed by atoms with E-state index in [1.54, 1.807) is 0 Å². The first-order valence-electron chi connectivity index (χ1n) is 39.0. The molecule has 2 unspecified atom stereocenters. The van der Waals surface area contributed by atoms with Crippen LogP contribution in [-0.2, 0) is 65.4 Å². The molecule has 0 aromatic carbocycles. The maximum Gasteiger partial charge on any atom is 0.472 e. The first-order valence-corrected chi connectivity index (χ1v) is 42.0. The minimum absolute atomic E-state index is 0.104. The maximum absolute atomic E-state index is 13.1. The molecule has 0 rings (SSSR count). The first-order chi connectivity index (χ1) is 45.4. The van der Waals surface area contributed by atoms with Crippen molar-refractivity contribution in [2.75, 3.05) is 39.6 Å². The van der Waals surface area contributed by atoms with Crippen LogP contribution in [0.4, 0.5) is 0 Å². The van der Waals surface area contributed by atoms with E-state index in [9.17, 15) is 43.2 Å². The minimum Gasteiger partial charge on any atom is -0.462 e. The molecule has 0 aliphatic rings. The highest BCUT2D eigenvalue weighted by Gasteiger charge is 2.30. The highest BCUT2D eigenvalue weighted by molar-refractivity contribution is 7.47. The number of rotatable bonds is 74. The predicted octanol–water partition coefficient (Wildman–Crippen LogP) is 21.9. The van der Waals surface area contributed by atoms with E-state index in [2.05, 4.69) is 41.5 Å². The number of ether oxygens (including phenoxy) is 4. The predicted molar refractivity (Wildman–Crippen MR) is 381 cm³/mol. The summed E-state index contributed by atoms with van der Waals surface area (Å²) < 4.78 is 68.4. The van der Waals surface area contributed by atoms with Gasteiger partial charge in [0.1, 0.15) is 19.3 Å². The minimum atomic E-state index is -4.96. The second-order valence-corrected chi connectivity index (χ2v) is 30.9. The van der Waals surface area contributed by atoms with Crippen LogP contribution < -0.4 is 0 Å². The van der Waals surface area contributed by atoms with Crippen molar-refractivity contribution in [3.05, 3.63) is 0 Å². The molecule has 19 heteroatoms. The summed E-state index contributed by atoms with van der Waals surface area (Å²) in [5, 5.41) is 10.6. The average Bonchev–Trinajstić information content (AvgIpc) is 1.53. The van der Waals surface area contributed by atoms with Gasteiger partial charge in [-0.2, -0.15) is 0 Å². The van der Waals surface area contributed by atoms with E-state index in [1.807, 2.05) is 0 Å². The molecule has 0 saturated heterocycles. The van der Waals surface area contributed by atoms with Crippen molar-refractivity contribution in [3.8, 4) is 0 Å². The number of carbonyl (C=O) groups excluding carboxylic acids is 4. The molecule has 3 N–H and O–H groups in total. The SMILES string of the molecule is CCCCCCCCCCCCCCCCCCCCC(=O)O[C@H](COC(=O)CCCCCCCCCCCCCCCCC(C)C)COP(=O)(O)OC[C@@H](O)COP(=O)(O)OC[C@@H](COC(=O)CCCCCCCCCC)OC(=O)CCCCCCCCCCC(C)C. The number of unbranched alkanes of at least 4 members (excludes halogenated alkanes) is 44. The standard InChI is InChI=1S/C75H146O17P2/c1-7-9-11-13-15-17-18-19-20-21-22-23-28-31-34-41-47-53-59-74(79)91-71(64-86-73(78)58-52-46-40-33-30-27-25-24-26-29-32-37-43-49-55-67(3)4)66-90-94(83,84)88-62-69(76)61-87-93(81,82)89-65-70(63-85-72(77)57-51-45-39-16-14-12-10-8-2)92-75(80)60-54-48-42-36-35-38-44-50-56-68(5)6/h67-71,76H,7-66H2,1-6H3,(H,81,82)(H,83,84)/t69-,70+,71+/m0/s1. The largest absolute Gasteiger partial charge is 0.472 e. The zero-order valence-electron chi connectivity index (χ0n) is 61.3. The van der Waals surface area contributed by atoms with Gasteiger partial charge in [-0.05, 0) is 37.5 Å². The summed E-state index contributed by atoms with van der Waals surface area (Å²) in [6.07, 6.45) is 54.3. The fourth-order valence-corrected chi connectivity index (χ4v) is 13.1. The van der Waals surface area contributed by atoms with Gasteiger partial charge in [0, 0.05) is 25.7 Å². The van der Waals surface area contributed by atoms with Gasteiger partial charge in [0.25, 0.3) is 0 Å². The van der Waals surface area contributed by atoms with Crippen molar-refractivity contribution in [2.45, 2.75) is 407 Å². The summed E-state index contributed by atoms with van der Waals surface area (Å²) in [5.74, 6) is -0.603. The topological polar surface area (TPSA) is 237 Å². The molecule has 0 aliphatic carbocycles. The molecule has 5 atom stereocenters. The summed E-state index contributed by atoms with van der Waals surface area (Å²) in [6, 6.07) is 0. The highest BCUT2D eigenvalue weighted by Crippen LogP contribution is 2.45. The molecule has 0 saturated carbocycles. The van der Waals surface area contributed by atoms with E-state index in [1.165, 1.54) is 199 Å². The molecular formula is C75H146O17P2. The van der Waals surface area contributed by atoms with Gasteiger partial charge in [0.2, 0.25) is 0 Å². The van der Waals surface area contributed by atoms with Crippen LogP contribution in [0.3, 0.4) is 0 Å². The van der Waals surface area contributed by atoms with Gasteiger partial charge in [0.05, 0.1) is 26.4 Å².